The van der Waals surface area contributed by atoms with Gasteiger partial charge in [-0.05, 0) is 54.1 Å². The van der Waals surface area contributed by atoms with Crippen molar-refractivity contribution in [3.05, 3.63) is 77.9 Å². The third-order valence-corrected chi connectivity index (χ3v) is 4.76. The van der Waals surface area contributed by atoms with E-state index in [1.54, 1.807) is 43.5 Å². The maximum atomic E-state index is 12.5. The Hall–Kier alpha value is -4.00. The average molecular weight is 418 g/mol. The molecule has 31 heavy (non-hydrogen) atoms. The zero-order chi connectivity index (χ0) is 21.6. The Morgan fingerprint density at radius 2 is 1.65 bits per heavy atom. The largest absolute Gasteiger partial charge is 0.495 e. The topological polar surface area (TPSA) is 85.9 Å². The second-order valence-electron chi connectivity index (χ2n) is 6.93. The van der Waals surface area contributed by atoms with Crippen LogP contribution in [-0.2, 0) is 11.2 Å². The molecular formula is C24H22N2O5. The number of rotatable bonds is 6. The molecule has 0 saturated carbocycles. The van der Waals surface area contributed by atoms with Crippen molar-refractivity contribution in [2.45, 2.75) is 6.42 Å². The minimum atomic E-state index is -0.265. The molecule has 2 amide bonds. The Kier molecular flexibility index (Phi) is 6.03. The number of fused-ring (bicyclic) bond motifs is 1. The van der Waals surface area contributed by atoms with Gasteiger partial charge in [0.25, 0.3) is 5.91 Å². The third-order valence-electron chi connectivity index (χ3n) is 4.76. The second-order valence-corrected chi connectivity index (χ2v) is 6.93. The molecule has 7 heteroatoms. The van der Waals surface area contributed by atoms with Gasteiger partial charge in [-0.3, -0.25) is 9.59 Å². The molecule has 7 nitrogen and oxygen atoms in total. The number of hydrogen-bond donors (Lipinski definition) is 2. The van der Waals surface area contributed by atoms with Gasteiger partial charge < -0.3 is 24.8 Å². The highest BCUT2D eigenvalue weighted by atomic mass is 16.6. The SMILES string of the molecule is COc1ccccc1NC(=O)c1ccc(NC(=O)Cc2ccc3c(c2)OCCO3)cc1. The maximum absolute atomic E-state index is 12.5. The van der Waals surface area contributed by atoms with Gasteiger partial charge in [0.05, 0.1) is 19.2 Å². The Labute approximate surface area is 179 Å². The van der Waals surface area contributed by atoms with Crippen LogP contribution in [0.2, 0.25) is 0 Å². The van der Waals surface area contributed by atoms with Crippen molar-refractivity contribution < 1.29 is 23.8 Å². The van der Waals surface area contributed by atoms with Crippen LogP contribution in [0.25, 0.3) is 0 Å². The van der Waals surface area contributed by atoms with Crippen molar-refractivity contribution in [3.63, 3.8) is 0 Å². The van der Waals surface area contributed by atoms with Crippen molar-refractivity contribution in [3.8, 4) is 17.2 Å². The minimum Gasteiger partial charge on any atom is -0.495 e. The van der Waals surface area contributed by atoms with Gasteiger partial charge in [0.2, 0.25) is 5.91 Å². The van der Waals surface area contributed by atoms with Crippen molar-refractivity contribution in [1.29, 1.82) is 0 Å². The highest BCUT2D eigenvalue weighted by Crippen LogP contribution is 2.31. The van der Waals surface area contributed by atoms with Gasteiger partial charge in [-0.15, -0.1) is 0 Å². The van der Waals surface area contributed by atoms with E-state index in [1.165, 1.54) is 0 Å². The van der Waals surface area contributed by atoms with Crippen LogP contribution < -0.4 is 24.8 Å². The van der Waals surface area contributed by atoms with E-state index in [0.717, 1.165) is 5.56 Å². The summed E-state index contributed by atoms with van der Waals surface area (Å²) in [6.07, 6.45) is 0.201. The van der Waals surface area contributed by atoms with Crippen LogP contribution >= 0.6 is 0 Å². The van der Waals surface area contributed by atoms with Gasteiger partial charge in [-0.1, -0.05) is 18.2 Å². The number of hydrogen-bond acceptors (Lipinski definition) is 5. The average Bonchev–Trinajstić information content (AvgIpc) is 2.79. The van der Waals surface area contributed by atoms with Gasteiger partial charge in [-0.25, -0.2) is 0 Å². The fourth-order valence-electron chi connectivity index (χ4n) is 3.24. The summed E-state index contributed by atoms with van der Waals surface area (Å²) in [6, 6.07) is 19.4. The number of amides is 2. The zero-order valence-electron chi connectivity index (χ0n) is 17.0. The summed E-state index contributed by atoms with van der Waals surface area (Å²) in [5, 5.41) is 5.66. The van der Waals surface area contributed by atoms with Crippen LogP contribution in [0.15, 0.2) is 66.7 Å². The van der Waals surface area contributed by atoms with Crippen molar-refractivity contribution >= 4 is 23.2 Å². The molecule has 0 saturated heterocycles. The molecule has 0 atom stereocenters. The Morgan fingerprint density at radius 1 is 0.903 bits per heavy atom. The Balaban J connectivity index is 1.36. The summed E-state index contributed by atoms with van der Waals surface area (Å²) in [4.78, 5) is 24.9. The van der Waals surface area contributed by atoms with Crippen molar-refractivity contribution in [2.24, 2.45) is 0 Å². The van der Waals surface area contributed by atoms with E-state index in [2.05, 4.69) is 10.6 Å². The lowest BCUT2D eigenvalue weighted by Gasteiger charge is -2.18. The highest BCUT2D eigenvalue weighted by Gasteiger charge is 2.14. The first-order valence-electron chi connectivity index (χ1n) is 9.85. The molecule has 0 spiro atoms. The van der Waals surface area contributed by atoms with Gasteiger partial charge in [0.15, 0.2) is 11.5 Å². The smallest absolute Gasteiger partial charge is 0.255 e. The number of ether oxygens (including phenoxy) is 3. The molecule has 158 valence electrons. The molecule has 1 heterocycles. The van der Waals surface area contributed by atoms with E-state index in [0.29, 0.717) is 47.4 Å². The second kappa shape index (κ2) is 9.21. The van der Waals surface area contributed by atoms with E-state index < -0.39 is 0 Å². The molecule has 4 rings (SSSR count). The minimum absolute atomic E-state index is 0.164. The van der Waals surface area contributed by atoms with Gasteiger partial charge >= 0.3 is 0 Å². The molecule has 1 aliphatic rings. The lowest BCUT2D eigenvalue weighted by molar-refractivity contribution is -0.115. The first-order valence-corrected chi connectivity index (χ1v) is 9.85. The Bertz CT molecular complexity index is 1100. The van der Waals surface area contributed by atoms with E-state index in [4.69, 9.17) is 14.2 Å². The van der Waals surface area contributed by atoms with Gasteiger partial charge in [-0.2, -0.15) is 0 Å². The molecule has 3 aromatic carbocycles. The quantitative estimate of drug-likeness (QED) is 0.634. The number of carbonyl (C=O) groups excluding carboxylic acids is 2. The molecule has 2 N–H and O–H groups in total. The van der Waals surface area contributed by atoms with Crippen molar-refractivity contribution in [2.75, 3.05) is 31.0 Å². The normalized spacial score (nSPS) is 12.0. The molecular weight excluding hydrogens is 396 g/mol. The summed E-state index contributed by atoms with van der Waals surface area (Å²) in [6.45, 7) is 1.03. The van der Waals surface area contributed by atoms with Crippen LogP contribution in [0.5, 0.6) is 17.2 Å². The number of benzene rings is 3. The van der Waals surface area contributed by atoms with Crippen molar-refractivity contribution in [1.82, 2.24) is 0 Å². The third kappa shape index (κ3) is 4.95. The van der Waals surface area contributed by atoms with E-state index in [9.17, 15) is 9.59 Å². The van der Waals surface area contributed by atoms with E-state index in [-0.39, 0.29) is 18.2 Å². The van der Waals surface area contributed by atoms with Gasteiger partial charge in [0.1, 0.15) is 19.0 Å². The number of nitrogens with one attached hydrogen (secondary N) is 2. The van der Waals surface area contributed by atoms with Crippen LogP contribution in [0.4, 0.5) is 11.4 Å². The van der Waals surface area contributed by atoms with Gasteiger partial charge in [0, 0.05) is 11.3 Å². The molecule has 0 bridgehead atoms. The molecule has 3 aromatic rings. The van der Waals surface area contributed by atoms with Crippen LogP contribution in [-0.4, -0.2) is 32.1 Å². The molecule has 1 aliphatic heterocycles. The number of para-hydroxylation sites is 2. The van der Waals surface area contributed by atoms with Crippen LogP contribution in [0, 0.1) is 0 Å². The zero-order valence-corrected chi connectivity index (χ0v) is 17.0. The number of methoxy groups -OCH3 is 1. The fraction of sp³-hybridized carbons (Fsp3) is 0.167. The molecule has 0 unspecified atom stereocenters. The number of anilines is 2. The van der Waals surface area contributed by atoms with E-state index >= 15 is 0 Å². The summed E-state index contributed by atoms with van der Waals surface area (Å²) in [5.74, 6) is 1.50. The molecule has 0 aliphatic carbocycles. The number of carbonyl (C=O) groups is 2. The van der Waals surface area contributed by atoms with Crippen LogP contribution in [0.3, 0.4) is 0 Å². The van der Waals surface area contributed by atoms with Crippen LogP contribution in [0.1, 0.15) is 15.9 Å². The standard InChI is InChI=1S/C24H22N2O5/c1-29-20-5-3-2-4-19(20)26-24(28)17-7-9-18(10-8-17)25-23(27)15-16-6-11-21-22(14-16)31-13-12-30-21/h2-11,14H,12-13,15H2,1H3,(H,25,27)(H,26,28). The maximum Gasteiger partial charge on any atom is 0.255 e. The lowest BCUT2D eigenvalue weighted by atomic mass is 10.1. The van der Waals surface area contributed by atoms with E-state index in [1.807, 2.05) is 30.3 Å². The fourth-order valence-corrected chi connectivity index (χ4v) is 3.24. The first kappa shape index (κ1) is 20.3. The molecule has 0 fully saturated rings. The summed E-state index contributed by atoms with van der Waals surface area (Å²) < 4.78 is 16.3. The monoisotopic (exact) mass is 418 g/mol. The first-order chi connectivity index (χ1) is 15.1. The predicted molar refractivity (Wildman–Crippen MR) is 117 cm³/mol. The molecule has 0 radical (unpaired) electrons. The summed E-state index contributed by atoms with van der Waals surface area (Å²) in [5.41, 5.74) is 2.49. The summed E-state index contributed by atoms with van der Waals surface area (Å²) >= 11 is 0. The Morgan fingerprint density at radius 3 is 2.42 bits per heavy atom. The highest BCUT2D eigenvalue weighted by molar-refractivity contribution is 6.05. The predicted octanol–water partition coefficient (Wildman–Crippen LogP) is 3.90. The molecule has 0 aromatic heterocycles. The summed E-state index contributed by atoms with van der Waals surface area (Å²) in [7, 11) is 1.55. The lowest BCUT2D eigenvalue weighted by Crippen LogP contribution is -2.17.